The first-order chi connectivity index (χ1) is 12.3. The normalized spacial score (nSPS) is 20.7. The Morgan fingerprint density at radius 2 is 2.12 bits per heavy atom. The fraction of sp³-hybridized carbons (Fsp3) is 0.444. The quantitative estimate of drug-likeness (QED) is 0.874. The third kappa shape index (κ3) is 4.12. The number of anilines is 1. The molecule has 2 unspecified atom stereocenters. The predicted octanol–water partition coefficient (Wildman–Crippen LogP) is 2.86. The van der Waals surface area contributed by atoms with Crippen LogP contribution in [0.5, 0.6) is 0 Å². The minimum Gasteiger partial charge on any atom is -0.323 e. The van der Waals surface area contributed by atoms with Crippen LogP contribution in [0.15, 0.2) is 24.3 Å². The first-order valence-electron chi connectivity index (χ1n) is 8.57. The number of hydrogen-bond donors (Lipinski definition) is 1. The van der Waals surface area contributed by atoms with Crippen molar-refractivity contribution in [1.82, 2.24) is 14.7 Å². The van der Waals surface area contributed by atoms with Crippen LogP contribution in [0.2, 0.25) is 0 Å². The smallest absolute Gasteiger partial charge is 0.321 e. The molecule has 8 heteroatoms. The highest BCUT2D eigenvalue weighted by atomic mass is 32.2. The van der Waals surface area contributed by atoms with Crippen molar-refractivity contribution in [3.63, 3.8) is 0 Å². The molecule has 2 heterocycles. The minimum atomic E-state index is -0.891. The number of aromatic nitrogens is 2. The van der Waals surface area contributed by atoms with Crippen LogP contribution in [0.4, 0.5) is 14.9 Å². The number of carbonyl (C=O) groups is 1. The summed E-state index contributed by atoms with van der Waals surface area (Å²) in [4.78, 5) is 14.1. The average Bonchev–Trinajstić information content (AvgIpc) is 2.78. The lowest BCUT2D eigenvalue weighted by Crippen LogP contribution is -2.38. The second kappa shape index (κ2) is 7.57. The molecule has 2 atom stereocenters. The molecule has 6 nitrogen and oxygen atoms in total. The number of aryl methyl sites for hydroxylation is 2. The van der Waals surface area contributed by atoms with Gasteiger partial charge in [-0.3, -0.25) is 4.21 Å². The van der Waals surface area contributed by atoms with Crippen molar-refractivity contribution in [2.45, 2.75) is 20.8 Å². The first-order valence-corrected chi connectivity index (χ1v) is 10.1. The molecule has 140 valence electrons. The van der Waals surface area contributed by atoms with E-state index in [1.54, 1.807) is 21.7 Å². The van der Waals surface area contributed by atoms with Gasteiger partial charge in [0.05, 0.1) is 5.69 Å². The van der Waals surface area contributed by atoms with E-state index in [0.29, 0.717) is 36.0 Å². The summed E-state index contributed by atoms with van der Waals surface area (Å²) in [7, 11) is -0.891. The SMILES string of the molecule is Cc1cc(C)n(-c2ccc(NC(=O)N3CCS(=O)CC(C)C3)cc2F)n1. The van der Waals surface area contributed by atoms with E-state index < -0.39 is 16.6 Å². The van der Waals surface area contributed by atoms with Gasteiger partial charge in [0.15, 0.2) is 5.82 Å². The highest BCUT2D eigenvalue weighted by Crippen LogP contribution is 2.20. The molecule has 0 spiro atoms. The van der Waals surface area contributed by atoms with Crippen LogP contribution in [0.3, 0.4) is 0 Å². The zero-order valence-electron chi connectivity index (χ0n) is 15.2. The Balaban J connectivity index is 1.74. The molecule has 1 aromatic heterocycles. The monoisotopic (exact) mass is 378 g/mol. The molecule has 26 heavy (non-hydrogen) atoms. The Bertz CT molecular complexity index is 852. The first kappa shape index (κ1) is 18.6. The number of halogens is 1. The van der Waals surface area contributed by atoms with Crippen molar-refractivity contribution < 1.29 is 13.4 Å². The highest BCUT2D eigenvalue weighted by molar-refractivity contribution is 7.85. The fourth-order valence-electron chi connectivity index (χ4n) is 3.15. The molecule has 2 aromatic rings. The summed E-state index contributed by atoms with van der Waals surface area (Å²) in [6.07, 6.45) is 0. The molecule has 0 saturated carbocycles. The second-order valence-corrected chi connectivity index (χ2v) is 8.42. The van der Waals surface area contributed by atoms with Gasteiger partial charge in [-0.25, -0.2) is 13.9 Å². The van der Waals surface area contributed by atoms with Gasteiger partial charge in [0.2, 0.25) is 0 Å². The third-order valence-electron chi connectivity index (χ3n) is 4.32. The summed E-state index contributed by atoms with van der Waals surface area (Å²) < 4.78 is 27.8. The van der Waals surface area contributed by atoms with E-state index in [9.17, 15) is 13.4 Å². The Morgan fingerprint density at radius 1 is 1.35 bits per heavy atom. The zero-order chi connectivity index (χ0) is 18.8. The van der Waals surface area contributed by atoms with Gasteiger partial charge in [0.1, 0.15) is 5.69 Å². The van der Waals surface area contributed by atoms with Crippen LogP contribution in [-0.2, 0) is 10.8 Å². The maximum Gasteiger partial charge on any atom is 0.321 e. The van der Waals surface area contributed by atoms with E-state index in [-0.39, 0.29) is 11.9 Å². The standard InChI is InChI=1S/C18H23FN4O2S/c1-12-10-22(6-7-26(25)11-12)18(24)20-15-4-5-17(16(19)9-15)23-14(3)8-13(2)21-23/h4-5,8-9,12H,6-7,10-11H2,1-3H3,(H,20,24). The van der Waals surface area contributed by atoms with Gasteiger partial charge in [-0.1, -0.05) is 6.92 Å². The number of nitrogens with one attached hydrogen (secondary N) is 1. The molecule has 1 aliphatic heterocycles. The van der Waals surface area contributed by atoms with Crippen molar-refractivity contribution in [2.24, 2.45) is 5.92 Å². The van der Waals surface area contributed by atoms with E-state index in [1.165, 1.54) is 6.07 Å². The lowest BCUT2D eigenvalue weighted by atomic mass is 10.2. The maximum atomic E-state index is 14.5. The number of hydrogen-bond acceptors (Lipinski definition) is 3. The van der Waals surface area contributed by atoms with Crippen molar-refractivity contribution in [1.29, 1.82) is 0 Å². The number of rotatable bonds is 2. The van der Waals surface area contributed by atoms with Crippen LogP contribution in [0, 0.1) is 25.6 Å². The topological polar surface area (TPSA) is 67.2 Å². The third-order valence-corrected chi connectivity index (χ3v) is 5.89. The van der Waals surface area contributed by atoms with Crippen molar-refractivity contribution in [3.8, 4) is 5.69 Å². The Kier molecular flexibility index (Phi) is 5.41. The van der Waals surface area contributed by atoms with Gasteiger partial charge in [-0.2, -0.15) is 5.10 Å². The molecule has 0 radical (unpaired) electrons. The number of benzene rings is 1. The molecule has 1 fully saturated rings. The largest absolute Gasteiger partial charge is 0.323 e. The van der Waals surface area contributed by atoms with Crippen LogP contribution in [0.1, 0.15) is 18.3 Å². The van der Waals surface area contributed by atoms with E-state index in [2.05, 4.69) is 10.4 Å². The minimum absolute atomic E-state index is 0.175. The molecule has 1 aromatic carbocycles. The molecule has 0 aliphatic carbocycles. The molecular weight excluding hydrogens is 355 g/mol. The molecule has 1 aliphatic rings. The number of urea groups is 1. The maximum absolute atomic E-state index is 14.5. The van der Waals surface area contributed by atoms with E-state index in [1.807, 2.05) is 26.8 Å². The lowest BCUT2D eigenvalue weighted by molar-refractivity contribution is 0.210. The van der Waals surface area contributed by atoms with Crippen LogP contribution in [0.25, 0.3) is 5.69 Å². The summed E-state index contributed by atoms with van der Waals surface area (Å²) in [6.45, 7) is 6.68. The zero-order valence-corrected chi connectivity index (χ0v) is 16.0. The van der Waals surface area contributed by atoms with Crippen LogP contribution >= 0.6 is 0 Å². The molecule has 0 bridgehead atoms. The van der Waals surface area contributed by atoms with Gasteiger partial charge >= 0.3 is 6.03 Å². The summed E-state index contributed by atoms with van der Waals surface area (Å²) >= 11 is 0. The summed E-state index contributed by atoms with van der Waals surface area (Å²) in [5.74, 6) is 0.798. The average molecular weight is 378 g/mol. The Morgan fingerprint density at radius 3 is 2.77 bits per heavy atom. The van der Waals surface area contributed by atoms with Gasteiger partial charge in [0.25, 0.3) is 0 Å². The predicted molar refractivity (Wildman–Crippen MR) is 101 cm³/mol. The molecular formula is C18H23FN4O2S. The van der Waals surface area contributed by atoms with Gasteiger partial charge in [-0.15, -0.1) is 0 Å². The fourth-order valence-corrected chi connectivity index (χ4v) is 4.48. The molecule has 2 amide bonds. The van der Waals surface area contributed by atoms with Crippen LogP contribution in [-0.4, -0.2) is 49.5 Å². The molecule has 3 rings (SSSR count). The number of amides is 2. The highest BCUT2D eigenvalue weighted by Gasteiger charge is 2.23. The molecule has 1 N–H and O–H groups in total. The van der Waals surface area contributed by atoms with E-state index in [4.69, 9.17) is 0 Å². The van der Waals surface area contributed by atoms with Crippen LogP contribution < -0.4 is 5.32 Å². The van der Waals surface area contributed by atoms with E-state index >= 15 is 0 Å². The van der Waals surface area contributed by atoms with E-state index in [0.717, 1.165) is 11.4 Å². The van der Waals surface area contributed by atoms with Crippen molar-refractivity contribution in [3.05, 3.63) is 41.5 Å². The van der Waals surface area contributed by atoms with Gasteiger partial charge in [-0.05, 0) is 44.0 Å². The summed E-state index contributed by atoms with van der Waals surface area (Å²) in [5.41, 5.74) is 2.37. The lowest BCUT2D eigenvalue weighted by Gasteiger charge is -2.22. The van der Waals surface area contributed by atoms with Gasteiger partial charge < -0.3 is 10.2 Å². The summed E-state index contributed by atoms with van der Waals surface area (Å²) in [6, 6.07) is 6.13. The number of nitrogens with zero attached hydrogens (tertiary/aromatic N) is 3. The number of carbonyl (C=O) groups excluding carboxylic acids is 1. The molecule has 1 saturated heterocycles. The summed E-state index contributed by atoms with van der Waals surface area (Å²) in [5, 5.41) is 7.02. The van der Waals surface area contributed by atoms with Crippen molar-refractivity contribution in [2.75, 3.05) is 29.9 Å². The second-order valence-electron chi connectivity index (χ2n) is 6.80. The van der Waals surface area contributed by atoms with Crippen molar-refractivity contribution >= 4 is 22.5 Å². The van der Waals surface area contributed by atoms with Gasteiger partial charge in [0, 0.05) is 46.8 Å². The Labute approximate surface area is 154 Å². The Hall–Kier alpha value is -2.22.